The lowest BCUT2D eigenvalue weighted by molar-refractivity contribution is 0.312. The first kappa shape index (κ1) is 19.8. The summed E-state index contributed by atoms with van der Waals surface area (Å²) >= 11 is 0. The number of hydrogen-bond acceptors (Lipinski definition) is 3. The zero-order valence-electron chi connectivity index (χ0n) is 16.4. The molecule has 2 heterocycles. The van der Waals surface area contributed by atoms with Crippen molar-refractivity contribution in [3.63, 3.8) is 0 Å². The Morgan fingerprint density at radius 3 is 2.28 bits per heavy atom. The van der Waals surface area contributed by atoms with Gasteiger partial charge in [0.05, 0.1) is 5.75 Å². The molecule has 1 aromatic heterocycles. The van der Waals surface area contributed by atoms with Gasteiger partial charge in [0.25, 0.3) is 0 Å². The van der Waals surface area contributed by atoms with Gasteiger partial charge in [0, 0.05) is 36.8 Å². The summed E-state index contributed by atoms with van der Waals surface area (Å²) in [5.41, 5.74) is 4.08. The minimum atomic E-state index is -3.33. The molecule has 1 saturated heterocycles. The Labute approximate surface area is 173 Å². The van der Waals surface area contributed by atoms with Crippen LogP contribution in [0.5, 0.6) is 0 Å². The molecule has 0 saturated carbocycles. The van der Waals surface area contributed by atoms with E-state index in [1.54, 1.807) is 4.31 Å². The van der Waals surface area contributed by atoms with Gasteiger partial charge in [0.2, 0.25) is 10.0 Å². The van der Waals surface area contributed by atoms with E-state index in [0.29, 0.717) is 13.1 Å². The van der Waals surface area contributed by atoms with Gasteiger partial charge in [-0.05, 0) is 36.1 Å². The highest BCUT2D eigenvalue weighted by molar-refractivity contribution is 7.88. The van der Waals surface area contributed by atoms with Gasteiger partial charge in [-0.3, -0.25) is 4.98 Å². The second kappa shape index (κ2) is 8.89. The Bertz CT molecular complexity index is 1040. The zero-order chi connectivity index (χ0) is 20.1. The van der Waals surface area contributed by atoms with Crippen LogP contribution in [0.4, 0.5) is 0 Å². The zero-order valence-corrected chi connectivity index (χ0v) is 17.3. The normalized spacial score (nSPS) is 17.9. The standard InChI is InChI=1S/C24H26N2O2S/c27-29(28,19-21-11-5-2-6-12-21)26-16-8-13-22(18-26)24-15-7-14-23(25-24)17-20-9-3-1-4-10-20/h1-7,9-12,14-15,22H,8,13,16-19H2/t22-/m0/s1. The molecule has 0 aliphatic carbocycles. The maximum atomic E-state index is 12.9. The highest BCUT2D eigenvalue weighted by Gasteiger charge is 2.30. The summed E-state index contributed by atoms with van der Waals surface area (Å²) in [5.74, 6) is 0.201. The van der Waals surface area contributed by atoms with Gasteiger partial charge >= 0.3 is 0 Å². The van der Waals surface area contributed by atoms with Gasteiger partial charge < -0.3 is 0 Å². The highest BCUT2D eigenvalue weighted by Crippen LogP contribution is 2.28. The van der Waals surface area contributed by atoms with E-state index in [1.165, 1.54) is 5.56 Å². The molecular weight excluding hydrogens is 380 g/mol. The molecule has 29 heavy (non-hydrogen) atoms. The first-order valence-corrected chi connectivity index (χ1v) is 11.7. The predicted octanol–water partition coefficient (Wildman–Crippen LogP) is 4.38. The molecule has 4 nitrogen and oxygen atoms in total. The van der Waals surface area contributed by atoms with E-state index in [4.69, 9.17) is 4.98 Å². The number of sulfonamides is 1. The molecule has 0 N–H and O–H groups in total. The fourth-order valence-electron chi connectivity index (χ4n) is 3.94. The van der Waals surface area contributed by atoms with Crippen LogP contribution < -0.4 is 0 Å². The number of hydrogen-bond donors (Lipinski definition) is 0. The lowest BCUT2D eigenvalue weighted by atomic mass is 9.95. The predicted molar refractivity (Wildman–Crippen MR) is 116 cm³/mol. The molecule has 0 radical (unpaired) electrons. The van der Waals surface area contributed by atoms with E-state index >= 15 is 0 Å². The van der Waals surface area contributed by atoms with Gasteiger partial charge in [-0.15, -0.1) is 0 Å². The molecular formula is C24H26N2O2S. The van der Waals surface area contributed by atoms with Crippen molar-refractivity contribution >= 4 is 10.0 Å². The first-order valence-electron chi connectivity index (χ1n) is 10.1. The molecule has 1 fully saturated rings. The summed E-state index contributed by atoms with van der Waals surface area (Å²) in [4.78, 5) is 4.87. The third-order valence-electron chi connectivity index (χ3n) is 5.44. The fourth-order valence-corrected chi connectivity index (χ4v) is 5.55. The van der Waals surface area contributed by atoms with Crippen LogP contribution in [0, 0.1) is 0 Å². The Hall–Kier alpha value is -2.50. The molecule has 0 spiro atoms. The van der Waals surface area contributed by atoms with Crippen molar-refractivity contribution < 1.29 is 8.42 Å². The summed E-state index contributed by atoms with van der Waals surface area (Å²) in [7, 11) is -3.33. The van der Waals surface area contributed by atoms with Crippen molar-refractivity contribution in [3.05, 3.63) is 101 Å². The van der Waals surface area contributed by atoms with Gasteiger partial charge in [-0.25, -0.2) is 12.7 Å². The maximum Gasteiger partial charge on any atom is 0.218 e. The Morgan fingerprint density at radius 2 is 1.55 bits per heavy atom. The molecule has 1 aliphatic rings. The second-order valence-corrected chi connectivity index (χ2v) is 9.62. The van der Waals surface area contributed by atoms with Gasteiger partial charge in [-0.1, -0.05) is 66.7 Å². The summed E-state index contributed by atoms with van der Waals surface area (Å²) in [6.45, 7) is 1.10. The van der Waals surface area contributed by atoms with Gasteiger partial charge in [0.15, 0.2) is 0 Å². The van der Waals surface area contributed by atoms with E-state index in [0.717, 1.165) is 36.2 Å². The average Bonchev–Trinajstić information content (AvgIpc) is 2.75. The van der Waals surface area contributed by atoms with E-state index < -0.39 is 10.0 Å². The summed E-state index contributed by atoms with van der Waals surface area (Å²) in [6.07, 6.45) is 2.62. The van der Waals surface area contributed by atoms with Crippen molar-refractivity contribution in [2.45, 2.75) is 30.9 Å². The van der Waals surface area contributed by atoms with Crippen molar-refractivity contribution in [1.82, 2.24) is 9.29 Å². The first-order chi connectivity index (χ1) is 14.1. The van der Waals surface area contributed by atoms with Crippen LogP contribution in [0.15, 0.2) is 78.9 Å². The molecule has 3 aromatic rings. The van der Waals surface area contributed by atoms with Crippen molar-refractivity contribution in [3.8, 4) is 0 Å². The van der Waals surface area contributed by atoms with Crippen LogP contribution >= 0.6 is 0 Å². The second-order valence-electron chi connectivity index (χ2n) is 7.66. The van der Waals surface area contributed by atoms with Crippen LogP contribution in [-0.2, 0) is 22.2 Å². The minimum Gasteiger partial charge on any atom is -0.257 e. The van der Waals surface area contributed by atoms with E-state index in [9.17, 15) is 8.42 Å². The molecule has 1 aliphatic heterocycles. The molecule has 150 valence electrons. The number of piperidine rings is 1. The lowest BCUT2D eigenvalue weighted by Gasteiger charge is -2.32. The smallest absolute Gasteiger partial charge is 0.218 e. The van der Waals surface area contributed by atoms with Crippen LogP contribution in [0.2, 0.25) is 0 Å². The number of pyridine rings is 1. The van der Waals surface area contributed by atoms with Crippen molar-refractivity contribution in [1.29, 1.82) is 0 Å². The van der Waals surface area contributed by atoms with Crippen molar-refractivity contribution in [2.75, 3.05) is 13.1 Å². The molecule has 4 rings (SSSR count). The van der Waals surface area contributed by atoms with E-state index in [2.05, 4.69) is 12.1 Å². The van der Waals surface area contributed by atoms with E-state index in [-0.39, 0.29) is 11.7 Å². The van der Waals surface area contributed by atoms with Crippen LogP contribution in [0.1, 0.15) is 41.3 Å². The number of aromatic nitrogens is 1. The maximum absolute atomic E-state index is 12.9. The Morgan fingerprint density at radius 1 is 0.862 bits per heavy atom. The number of rotatable bonds is 6. The molecule has 0 amide bonds. The number of nitrogens with zero attached hydrogens (tertiary/aromatic N) is 2. The summed E-state index contributed by atoms with van der Waals surface area (Å²) < 4.78 is 27.5. The SMILES string of the molecule is O=S(=O)(Cc1ccccc1)N1CCC[C@H](c2cccc(Cc3ccccc3)n2)C1. The topological polar surface area (TPSA) is 50.3 Å². The summed E-state index contributed by atoms with van der Waals surface area (Å²) in [6, 6.07) is 25.8. The quantitative estimate of drug-likeness (QED) is 0.610. The minimum absolute atomic E-state index is 0.0576. The fraction of sp³-hybridized carbons (Fsp3) is 0.292. The van der Waals surface area contributed by atoms with Crippen molar-refractivity contribution in [2.24, 2.45) is 0 Å². The number of benzene rings is 2. The summed E-state index contributed by atoms with van der Waals surface area (Å²) in [5, 5.41) is 0. The van der Waals surface area contributed by atoms with E-state index in [1.807, 2.05) is 66.7 Å². The van der Waals surface area contributed by atoms with Gasteiger partial charge in [-0.2, -0.15) is 0 Å². The Kier molecular flexibility index (Phi) is 6.07. The molecule has 0 unspecified atom stereocenters. The highest BCUT2D eigenvalue weighted by atomic mass is 32.2. The van der Waals surface area contributed by atoms with Crippen LogP contribution in [0.3, 0.4) is 0 Å². The van der Waals surface area contributed by atoms with Crippen LogP contribution in [-0.4, -0.2) is 30.8 Å². The third-order valence-corrected chi connectivity index (χ3v) is 7.26. The third kappa shape index (κ3) is 5.11. The molecule has 0 bridgehead atoms. The average molecular weight is 407 g/mol. The monoisotopic (exact) mass is 406 g/mol. The lowest BCUT2D eigenvalue weighted by Crippen LogP contribution is -2.39. The Balaban J connectivity index is 1.47. The van der Waals surface area contributed by atoms with Gasteiger partial charge in [0.1, 0.15) is 0 Å². The molecule has 5 heteroatoms. The molecule has 2 aromatic carbocycles. The molecule has 1 atom stereocenters. The largest absolute Gasteiger partial charge is 0.257 e. The van der Waals surface area contributed by atoms with Crippen LogP contribution in [0.25, 0.3) is 0 Å².